The van der Waals surface area contributed by atoms with Gasteiger partial charge in [-0.1, -0.05) is 23.8 Å². The fourth-order valence-electron chi connectivity index (χ4n) is 3.40. The Balaban J connectivity index is 2.15. The molecule has 0 aliphatic heterocycles. The number of aryl methyl sites for hydroxylation is 1. The van der Waals surface area contributed by atoms with Gasteiger partial charge in [0.05, 0.1) is 28.3 Å². The number of hydrogen-bond acceptors (Lipinski definition) is 6. The number of H-pyrrole nitrogens is 1. The van der Waals surface area contributed by atoms with E-state index in [0.717, 1.165) is 21.9 Å². The molecular formula is C22H22N6O. The number of allylic oxidation sites excluding steroid dienone is 3. The van der Waals surface area contributed by atoms with E-state index in [-0.39, 0.29) is 12.1 Å². The number of nitrogens with one attached hydrogen (secondary N) is 1. The third-order valence-electron chi connectivity index (χ3n) is 4.85. The van der Waals surface area contributed by atoms with Crippen LogP contribution in [0.5, 0.6) is 0 Å². The number of nitrogens with two attached hydrogens (primary N) is 2. The highest BCUT2D eigenvalue weighted by Crippen LogP contribution is 2.23. The Morgan fingerprint density at radius 2 is 2.17 bits per heavy atom. The van der Waals surface area contributed by atoms with Crippen molar-refractivity contribution in [1.82, 2.24) is 10.2 Å². The number of nitriles is 1. The first kappa shape index (κ1) is 20.0. The molecule has 1 aliphatic carbocycles. The number of benzene rings is 1. The minimum atomic E-state index is -0.279. The molecule has 0 saturated carbocycles. The van der Waals surface area contributed by atoms with Crippen LogP contribution in [0.3, 0.4) is 0 Å². The van der Waals surface area contributed by atoms with Crippen LogP contribution < -0.4 is 27.5 Å². The summed E-state index contributed by atoms with van der Waals surface area (Å²) in [5, 5.41) is 17.3. The molecule has 5 N–H and O–H groups in total. The van der Waals surface area contributed by atoms with E-state index in [4.69, 9.17) is 11.5 Å². The minimum Gasteiger partial charge on any atom is -0.404 e. The van der Waals surface area contributed by atoms with Crippen molar-refractivity contribution in [3.05, 3.63) is 84.8 Å². The highest BCUT2D eigenvalue weighted by atomic mass is 16.1. The maximum Gasteiger partial charge on any atom is 0.272 e. The van der Waals surface area contributed by atoms with Gasteiger partial charge in [-0.05, 0) is 37.1 Å². The van der Waals surface area contributed by atoms with E-state index in [9.17, 15) is 10.1 Å². The smallest absolute Gasteiger partial charge is 0.272 e. The molecule has 1 aromatic heterocycles. The Morgan fingerprint density at radius 3 is 2.83 bits per heavy atom. The van der Waals surface area contributed by atoms with Crippen molar-refractivity contribution in [2.45, 2.75) is 19.9 Å². The molecule has 0 radical (unpaired) electrons. The van der Waals surface area contributed by atoms with Crippen molar-refractivity contribution in [2.75, 3.05) is 7.05 Å². The van der Waals surface area contributed by atoms with Crippen LogP contribution >= 0.6 is 0 Å². The zero-order valence-corrected chi connectivity index (χ0v) is 16.4. The lowest BCUT2D eigenvalue weighted by atomic mass is 9.91. The highest BCUT2D eigenvalue weighted by molar-refractivity contribution is 6.16. The van der Waals surface area contributed by atoms with Crippen LogP contribution in [0.1, 0.15) is 28.8 Å². The molecule has 0 atom stereocenters. The fourth-order valence-corrected chi connectivity index (χ4v) is 3.40. The average molecular weight is 386 g/mol. The van der Waals surface area contributed by atoms with Crippen molar-refractivity contribution in [3.8, 4) is 6.07 Å². The molecule has 0 bridgehead atoms. The Kier molecular flexibility index (Phi) is 5.86. The largest absolute Gasteiger partial charge is 0.404 e. The number of nitrogens with zero attached hydrogens (tertiary/aromatic N) is 3. The summed E-state index contributed by atoms with van der Waals surface area (Å²) in [4.78, 5) is 16.7. The van der Waals surface area contributed by atoms with Gasteiger partial charge >= 0.3 is 0 Å². The second kappa shape index (κ2) is 8.50. The molecule has 2 aromatic rings. The zero-order chi connectivity index (χ0) is 21.0. The van der Waals surface area contributed by atoms with Crippen LogP contribution in [0, 0.1) is 18.3 Å². The van der Waals surface area contributed by atoms with E-state index in [1.54, 1.807) is 19.2 Å². The highest BCUT2D eigenvalue weighted by Gasteiger charge is 2.17. The molecule has 0 unspecified atom stereocenters. The molecule has 1 aliphatic rings. The number of aliphatic imine (C=N–C) groups is 1. The first-order valence-corrected chi connectivity index (χ1v) is 9.13. The summed E-state index contributed by atoms with van der Waals surface area (Å²) in [6.07, 6.45) is 7.52. The summed E-state index contributed by atoms with van der Waals surface area (Å²) < 4.78 is 0. The quantitative estimate of drug-likeness (QED) is 0.648. The van der Waals surface area contributed by atoms with Gasteiger partial charge in [-0.15, -0.1) is 0 Å². The van der Waals surface area contributed by atoms with E-state index in [1.807, 2.05) is 31.2 Å². The molecular weight excluding hydrogens is 364 g/mol. The summed E-state index contributed by atoms with van der Waals surface area (Å²) in [7, 11) is 1.67. The van der Waals surface area contributed by atoms with Crippen LogP contribution in [0.4, 0.5) is 0 Å². The Morgan fingerprint density at radius 1 is 1.38 bits per heavy atom. The van der Waals surface area contributed by atoms with Gasteiger partial charge < -0.3 is 11.5 Å². The maximum absolute atomic E-state index is 12.2. The first-order chi connectivity index (χ1) is 14.0. The predicted molar refractivity (Wildman–Crippen MR) is 114 cm³/mol. The summed E-state index contributed by atoms with van der Waals surface area (Å²) in [6, 6.07) is 7.80. The molecule has 1 heterocycles. The van der Waals surface area contributed by atoms with Gasteiger partial charge in [-0.2, -0.15) is 10.4 Å². The van der Waals surface area contributed by atoms with Crippen molar-refractivity contribution in [3.63, 3.8) is 0 Å². The number of aromatic nitrogens is 2. The maximum atomic E-state index is 12.2. The van der Waals surface area contributed by atoms with E-state index < -0.39 is 0 Å². The van der Waals surface area contributed by atoms with Crippen molar-refractivity contribution in [1.29, 1.82) is 5.26 Å². The topological polar surface area (TPSA) is 134 Å². The van der Waals surface area contributed by atoms with Gasteiger partial charge in [0, 0.05) is 36.1 Å². The van der Waals surface area contributed by atoms with Crippen LogP contribution in [0.15, 0.2) is 51.4 Å². The molecule has 0 fully saturated rings. The van der Waals surface area contributed by atoms with Gasteiger partial charge in [0.2, 0.25) is 0 Å². The van der Waals surface area contributed by atoms with E-state index in [2.05, 4.69) is 21.3 Å². The monoisotopic (exact) mass is 386 g/mol. The van der Waals surface area contributed by atoms with Crippen molar-refractivity contribution < 1.29 is 0 Å². The predicted octanol–water partition coefficient (Wildman–Crippen LogP) is 0.262. The zero-order valence-electron chi connectivity index (χ0n) is 16.4. The lowest BCUT2D eigenvalue weighted by molar-refractivity contribution is 0.855. The van der Waals surface area contributed by atoms with Crippen LogP contribution in [-0.2, 0) is 6.54 Å². The van der Waals surface area contributed by atoms with Gasteiger partial charge in [0.25, 0.3) is 5.56 Å². The molecule has 1 aromatic carbocycles. The summed E-state index contributed by atoms with van der Waals surface area (Å²) in [5.41, 5.74) is 16.6. The standard InChI is InChI=1S/C22H22N6O/c1-13-3-4-15(10-23)18(9-13)21(26-2)19(11-24)14-5-7-16-17(8-6-14)22(29)28-27-20(16)12-25/h3-4,6-9,11H,5,12,24-25H2,1-2H3,(H,28,29). The second-order valence-corrected chi connectivity index (χ2v) is 6.61. The number of fused-ring (bicyclic) bond motifs is 1. The first-order valence-electron chi connectivity index (χ1n) is 9.13. The van der Waals surface area contributed by atoms with Gasteiger partial charge in [-0.25, -0.2) is 5.10 Å². The van der Waals surface area contributed by atoms with E-state index in [0.29, 0.717) is 34.2 Å². The number of hydrogen-bond donors (Lipinski definition) is 3. The lowest BCUT2D eigenvalue weighted by Crippen LogP contribution is -2.44. The lowest BCUT2D eigenvalue weighted by Gasteiger charge is -2.14. The minimum absolute atomic E-state index is 0.217. The Hall–Kier alpha value is -3.76. The van der Waals surface area contributed by atoms with Gasteiger partial charge in [0.15, 0.2) is 0 Å². The SMILES string of the molecule is CN=C(C(=CN)C1=CC=c2c(=O)[nH]nc(CN)c2=CC1)c1cc(C)ccc1C#N. The van der Waals surface area contributed by atoms with Crippen LogP contribution in [0.25, 0.3) is 12.2 Å². The summed E-state index contributed by atoms with van der Waals surface area (Å²) in [6.45, 7) is 2.18. The normalized spacial score (nSPS) is 14.1. The third-order valence-corrected chi connectivity index (χ3v) is 4.85. The number of aromatic amines is 1. The second-order valence-electron chi connectivity index (χ2n) is 6.61. The molecule has 0 saturated heterocycles. The molecule has 0 spiro atoms. The average Bonchev–Trinajstić information content (AvgIpc) is 2.96. The molecule has 7 nitrogen and oxygen atoms in total. The Bertz CT molecular complexity index is 1270. The summed E-state index contributed by atoms with van der Waals surface area (Å²) in [5.74, 6) is 0. The molecule has 0 amide bonds. The molecule has 3 rings (SSSR count). The van der Waals surface area contributed by atoms with E-state index in [1.165, 1.54) is 6.20 Å². The number of rotatable bonds is 4. The Labute approximate surface area is 168 Å². The summed E-state index contributed by atoms with van der Waals surface area (Å²) >= 11 is 0. The van der Waals surface area contributed by atoms with Gasteiger partial charge in [0.1, 0.15) is 0 Å². The molecule has 7 heteroatoms. The van der Waals surface area contributed by atoms with Gasteiger partial charge in [-0.3, -0.25) is 9.79 Å². The molecule has 146 valence electrons. The molecule has 29 heavy (non-hydrogen) atoms. The van der Waals surface area contributed by atoms with E-state index >= 15 is 0 Å². The van der Waals surface area contributed by atoms with Crippen molar-refractivity contribution in [2.24, 2.45) is 16.5 Å². The van der Waals surface area contributed by atoms with Crippen LogP contribution in [-0.4, -0.2) is 23.0 Å². The third kappa shape index (κ3) is 3.79. The fraction of sp³-hybridized carbons (Fsp3) is 0.182. The van der Waals surface area contributed by atoms with Crippen LogP contribution in [0.2, 0.25) is 0 Å². The van der Waals surface area contributed by atoms with Crippen molar-refractivity contribution >= 4 is 17.9 Å².